The summed E-state index contributed by atoms with van der Waals surface area (Å²) in [4.78, 5) is 14.8. The van der Waals surface area contributed by atoms with Gasteiger partial charge in [-0.3, -0.25) is 4.79 Å². The second-order valence-electron chi connectivity index (χ2n) is 6.17. The fourth-order valence-electron chi connectivity index (χ4n) is 3.62. The highest BCUT2D eigenvalue weighted by Gasteiger charge is 2.31. The molecule has 1 aromatic rings. The van der Waals surface area contributed by atoms with Gasteiger partial charge in [0, 0.05) is 24.7 Å². The molecular formula is C17H24N2O. The molecule has 0 bridgehead atoms. The van der Waals surface area contributed by atoms with Gasteiger partial charge >= 0.3 is 0 Å². The molecule has 0 spiro atoms. The van der Waals surface area contributed by atoms with Crippen LogP contribution in [0.1, 0.15) is 41.6 Å². The third kappa shape index (κ3) is 2.73. The fraction of sp³-hybridized carbons (Fsp3) is 0.588. The molecule has 0 aliphatic carbocycles. The molecule has 20 heavy (non-hydrogen) atoms. The van der Waals surface area contributed by atoms with Gasteiger partial charge in [-0.2, -0.15) is 0 Å². The average molecular weight is 272 g/mol. The van der Waals surface area contributed by atoms with Crippen molar-refractivity contribution >= 4 is 5.91 Å². The third-order valence-electron chi connectivity index (χ3n) is 4.79. The van der Waals surface area contributed by atoms with E-state index in [1.807, 2.05) is 31.2 Å². The summed E-state index contributed by atoms with van der Waals surface area (Å²) in [5.41, 5.74) is 1.95. The van der Waals surface area contributed by atoms with Crippen LogP contribution in [0.25, 0.3) is 0 Å². The van der Waals surface area contributed by atoms with E-state index in [2.05, 4.69) is 10.2 Å². The molecule has 2 atom stereocenters. The van der Waals surface area contributed by atoms with Crippen LogP contribution in [0, 0.1) is 12.8 Å². The van der Waals surface area contributed by atoms with Gasteiger partial charge in [0.1, 0.15) is 0 Å². The Morgan fingerprint density at radius 2 is 2.10 bits per heavy atom. The molecule has 2 aliphatic heterocycles. The molecule has 3 rings (SSSR count). The van der Waals surface area contributed by atoms with E-state index in [1.54, 1.807) is 0 Å². The first-order chi connectivity index (χ1) is 9.75. The van der Waals surface area contributed by atoms with E-state index in [0.717, 1.165) is 37.2 Å². The van der Waals surface area contributed by atoms with E-state index in [1.165, 1.54) is 19.3 Å². The zero-order valence-corrected chi connectivity index (χ0v) is 12.3. The maximum atomic E-state index is 12.7. The van der Waals surface area contributed by atoms with Gasteiger partial charge in [0.25, 0.3) is 5.91 Å². The van der Waals surface area contributed by atoms with Crippen molar-refractivity contribution in [2.45, 2.75) is 38.6 Å². The highest BCUT2D eigenvalue weighted by atomic mass is 16.2. The summed E-state index contributed by atoms with van der Waals surface area (Å²) in [5.74, 6) is 0.852. The number of hydrogen-bond donors (Lipinski definition) is 1. The lowest BCUT2D eigenvalue weighted by Gasteiger charge is -2.36. The van der Waals surface area contributed by atoms with Crippen molar-refractivity contribution < 1.29 is 4.79 Å². The maximum Gasteiger partial charge on any atom is 0.254 e. The van der Waals surface area contributed by atoms with Crippen molar-refractivity contribution in [1.29, 1.82) is 0 Å². The minimum atomic E-state index is 0.214. The van der Waals surface area contributed by atoms with Gasteiger partial charge in [0.05, 0.1) is 0 Å². The van der Waals surface area contributed by atoms with Crippen molar-refractivity contribution in [1.82, 2.24) is 10.2 Å². The molecule has 0 aromatic heterocycles. The Kier molecular flexibility index (Phi) is 4.06. The molecule has 1 aromatic carbocycles. The fourth-order valence-corrected chi connectivity index (χ4v) is 3.62. The topological polar surface area (TPSA) is 32.3 Å². The molecule has 2 saturated heterocycles. The second-order valence-corrected chi connectivity index (χ2v) is 6.17. The number of benzene rings is 1. The van der Waals surface area contributed by atoms with Gasteiger partial charge < -0.3 is 10.2 Å². The van der Waals surface area contributed by atoms with Crippen molar-refractivity contribution in [2.24, 2.45) is 5.92 Å². The zero-order chi connectivity index (χ0) is 13.9. The van der Waals surface area contributed by atoms with Gasteiger partial charge in [-0.15, -0.1) is 0 Å². The summed E-state index contributed by atoms with van der Waals surface area (Å²) in [7, 11) is 0. The van der Waals surface area contributed by atoms with Crippen LogP contribution in [0.2, 0.25) is 0 Å². The number of nitrogens with zero attached hydrogens (tertiary/aromatic N) is 1. The van der Waals surface area contributed by atoms with Gasteiger partial charge in [-0.05, 0) is 56.7 Å². The number of hydrogen-bond acceptors (Lipinski definition) is 2. The molecule has 1 amide bonds. The molecule has 1 N–H and O–H groups in total. The van der Waals surface area contributed by atoms with Crippen LogP contribution in [0.5, 0.6) is 0 Å². The Morgan fingerprint density at radius 1 is 1.25 bits per heavy atom. The van der Waals surface area contributed by atoms with Gasteiger partial charge in [-0.1, -0.05) is 18.2 Å². The number of piperidine rings is 1. The lowest BCUT2D eigenvalue weighted by Crippen LogP contribution is -2.46. The number of aryl methyl sites for hydroxylation is 1. The van der Waals surface area contributed by atoms with E-state index in [9.17, 15) is 4.79 Å². The molecule has 2 heterocycles. The summed E-state index contributed by atoms with van der Waals surface area (Å²) in [5, 5.41) is 3.60. The molecule has 3 nitrogen and oxygen atoms in total. The van der Waals surface area contributed by atoms with Crippen LogP contribution in [0.3, 0.4) is 0 Å². The third-order valence-corrected chi connectivity index (χ3v) is 4.79. The molecule has 0 saturated carbocycles. The summed E-state index contributed by atoms with van der Waals surface area (Å²) in [6.45, 7) is 5.00. The van der Waals surface area contributed by atoms with E-state index >= 15 is 0 Å². The second kappa shape index (κ2) is 5.96. The van der Waals surface area contributed by atoms with Crippen molar-refractivity contribution in [3.05, 3.63) is 35.4 Å². The number of nitrogens with one attached hydrogen (secondary N) is 1. The van der Waals surface area contributed by atoms with Crippen molar-refractivity contribution in [3.63, 3.8) is 0 Å². The van der Waals surface area contributed by atoms with E-state index < -0.39 is 0 Å². The first-order valence-electron chi connectivity index (χ1n) is 7.84. The van der Waals surface area contributed by atoms with E-state index in [-0.39, 0.29) is 5.91 Å². The Labute approximate surface area is 121 Å². The monoisotopic (exact) mass is 272 g/mol. The molecule has 3 heteroatoms. The standard InChI is InChI=1S/C17H24N2O/c1-13-6-2-3-8-15(13)17(20)19-11-5-7-14(12-19)16-9-4-10-18-16/h2-3,6,8,14,16,18H,4-5,7,9-12H2,1H3. The number of likely N-dealkylation sites (tertiary alicyclic amines) is 1. The summed E-state index contributed by atoms with van der Waals surface area (Å²) < 4.78 is 0. The van der Waals surface area contributed by atoms with Crippen LogP contribution in [-0.2, 0) is 0 Å². The summed E-state index contributed by atoms with van der Waals surface area (Å²) in [6.07, 6.45) is 4.96. The summed E-state index contributed by atoms with van der Waals surface area (Å²) in [6, 6.07) is 8.55. The van der Waals surface area contributed by atoms with E-state index in [0.29, 0.717) is 12.0 Å². The van der Waals surface area contributed by atoms with Crippen LogP contribution in [-0.4, -0.2) is 36.5 Å². The Bertz CT molecular complexity index is 480. The number of rotatable bonds is 2. The van der Waals surface area contributed by atoms with Crippen molar-refractivity contribution in [2.75, 3.05) is 19.6 Å². The highest BCUT2D eigenvalue weighted by molar-refractivity contribution is 5.95. The normalized spacial score (nSPS) is 26.8. The number of carbonyl (C=O) groups excluding carboxylic acids is 1. The molecule has 2 aliphatic rings. The van der Waals surface area contributed by atoms with Crippen LogP contribution < -0.4 is 5.32 Å². The lowest BCUT2D eigenvalue weighted by atomic mass is 9.89. The van der Waals surface area contributed by atoms with Gasteiger partial charge in [0.2, 0.25) is 0 Å². The molecule has 2 fully saturated rings. The van der Waals surface area contributed by atoms with Crippen LogP contribution >= 0.6 is 0 Å². The number of carbonyl (C=O) groups is 1. The number of amides is 1. The molecule has 0 radical (unpaired) electrons. The zero-order valence-electron chi connectivity index (χ0n) is 12.3. The Balaban J connectivity index is 1.70. The first kappa shape index (κ1) is 13.6. The molecule has 2 unspecified atom stereocenters. The quantitative estimate of drug-likeness (QED) is 0.897. The smallest absolute Gasteiger partial charge is 0.254 e. The first-order valence-corrected chi connectivity index (χ1v) is 7.84. The minimum absolute atomic E-state index is 0.214. The maximum absolute atomic E-state index is 12.7. The SMILES string of the molecule is Cc1ccccc1C(=O)N1CCCC(C2CCCN2)C1. The minimum Gasteiger partial charge on any atom is -0.338 e. The summed E-state index contributed by atoms with van der Waals surface area (Å²) >= 11 is 0. The average Bonchev–Trinajstić information content (AvgIpc) is 3.01. The van der Waals surface area contributed by atoms with Gasteiger partial charge in [-0.25, -0.2) is 0 Å². The van der Waals surface area contributed by atoms with Crippen LogP contribution in [0.15, 0.2) is 24.3 Å². The molecular weight excluding hydrogens is 248 g/mol. The van der Waals surface area contributed by atoms with Crippen molar-refractivity contribution in [3.8, 4) is 0 Å². The lowest BCUT2D eigenvalue weighted by molar-refractivity contribution is 0.0650. The Morgan fingerprint density at radius 3 is 2.85 bits per heavy atom. The highest BCUT2D eigenvalue weighted by Crippen LogP contribution is 2.26. The largest absolute Gasteiger partial charge is 0.338 e. The Hall–Kier alpha value is -1.35. The predicted molar refractivity (Wildman–Crippen MR) is 80.8 cm³/mol. The van der Waals surface area contributed by atoms with Gasteiger partial charge in [0.15, 0.2) is 0 Å². The van der Waals surface area contributed by atoms with E-state index in [4.69, 9.17) is 0 Å². The molecule has 108 valence electrons. The predicted octanol–water partition coefficient (Wildman–Crippen LogP) is 2.60. The van der Waals surface area contributed by atoms with Crippen LogP contribution in [0.4, 0.5) is 0 Å².